The summed E-state index contributed by atoms with van der Waals surface area (Å²) in [6, 6.07) is 24.1. The largest absolute Gasteiger partial charge is 0.322 e. The van der Waals surface area contributed by atoms with Crippen LogP contribution >= 0.6 is 0 Å². The smallest absolute Gasteiger partial charge is 0.257 e. The molecule has 0 atom stereocenters. The Labute approximate surface area is 234 Å². The zero-order valence-corrected chi connectivity index (χ0v) is 22.9. The lowest BCUT2D eigenvalue weighted by Crippen LogP contribution is -2.39. The molecule has 1 aliphatic rings. The minimum atomic E-state index is -2.90. The van der Waals surface area contributed by atoms with Crippen LogP contribution in [0, 0.1) is 6.92 Å². The Morgan fingerprint density at radius 3 is 2.15 bits per heavy atom. The number of carbonyl (C=O) groups excluding carboxylic acids is 2. The van der Waals surface area contributed by atoms with E-state index in [2.05, 4.69) is 20.5 Å². The van der Waals surface area contributed by atoms with Crippen molar-refractivity contribution in [1.82, 2.24) is 9.88 Å². The maximum atomic E-state index is 12.9. The molecule has 3 aromatic carbocycles. The standard InChI is InChI=1S/C31H30N4O4S/c1-22-4-11-28(34-31(37)26-3-2-14-32-20-26)19-29(22)24-7-9-25(10-8-24)30(36)33-27-12-5-23(6-13-27)21-35-15-17-40(38,39)18-16-35/h2-14,19-20H,15-18,21H2,1H3,(H,33,36)(H,34,37). The molecule has 1 aromatic heterocycles. The lowest BCUT2D eigenvalue weighted by Gasteiger charge is -2.26. The highest BCUT2D eigenvalue weighted by atomic mass is 32.2. The molecule has 4 aromatic rings. The minimum absolute atomic E-state index is 0.202. The fraction of sp³-hybridized carbons (Fsp3) is 0.194. The van der Waals surface area contributed by atoms with E-state index in [1.54, 1.807) is 30.5 Å². The number of carbonyl (C=O) groups is 2. The van der Waals surface area contributed by atoms with Crippen LogP contribution in [0.5, 0.6) is 0 Å². The third kappa shape index (κ3) is 6.80. The molecule has 2 heterocycles. The van der Waals surface area contributed by atoms with Crippen LogP contribution in [-0.2, 0) is 16.4 Å². The number of hydrogen-bond donors (Lipinski definition) is 2. The molecule has 0 spiro atoms. The summed E-state index contributed by atoms with van der Waals surface area (Å²) in [7, 11) is -2.90. The van der Waals surface area contributed by atoms with Gasteiger partial charge in [-0.25, -0.2) is 8.42 Å². The molecule has 2 N–H and O–H groups in total. The van der Waals surface area contributed by atoms with E-state index < -0.39 is 9.84 Å². The van der Waals surface area contributed by atoms with Crippen LogP contribution in [0.2, 0.25) is 0 Å². The Balaban J connectivity index is 1.20. The van der Waals surface area contributed by atoms with E-state index in [9.17, 15) is 18.0 Å². The Morgan fingerprint density at radius 1 is 0.825 bits per heavy atom. The summed E-state index contributed by atoms with van der Waals surface area (Å²) in [5.41, 5.74) is 6.37. The van der Waals surface area contributed by atoms with Gasteiger partial charge in [0.2, 0.25) is 0 Å². The number of aromatic nitrogens is 1. The fourth-order valence-electron chi connectivity index (χ4n) is 4.58. The van der Waals surface area contributed by atoms with Crippen LogP contribution < -0.4 is 10.6 Å². The summed E-state index contributed by atoms with van der Waals surface area (Å²) >= 11 is 0. The normalized spacial score (nSPS) is 14.8. The van der Waals surface area contributed by atoms with Crippen molar-refractivity contribution in [1.29, 1.82) is 0 Å². The first-order valence-corrected chi connectivity index (χ1v) is 14.8. The third-order valence-corrected chi connectivity index (χ3v) is 8.54. The molecule has 0 unspecified atom stereocenters. The molecule has 1 fully saturated rings. The maximum Gasteiger partial charge on any atom is 0.257 e. The van der Waals surface area contributed by atoms with Crippen molar-refractivity contribution in [3.05, 3.63) is 114 Å². The molecular weight excluding hydrogens is 524 g/mol. The van der Waals surface area contributed by atoms with Crippen molar-refractivity contribution < 1.29 is 18.0 Å². The molecule has 0 radical (unpaired) electrons. The van der Waals surface area contributed by atoms with Gasteiger partial charge >= 0.3 is 0 Å². The Kier molecular flexibility index (Phi) is 8.04. The molecule has 1 aliphatic heterocycles. The predicted molar refractivity (Wildman–Crippen MR) is 157 cm³/mol. The molecule has 0 bridgehead atoms. The molecular formula is C31H30N4O4S. The molecule has 0 saturated carbocycles. The molecule has 1 saturated heterocycles. The van der Waals surface area contributed by atoms with Gasteiger partial charge in [0, 0.05) is 49.0 Å². The van der Waals surface area contributed by atoms with Crippen LogP contribution in [-0.4, -0.2) is 54.7 Å². The number of anilines is 2. The first kappa shape index (κ1) is 27.2. The van der Waals surface area contributed by atoms with Gasteiger partial charge in [-0.15, -0.1) is 0 Å². The van der Waals surface area contributed by atoms with E-state index in [0.29, 0.717) is 42.1 Å². The molecule has 40 heavy (non-hydrogen) atoms. The average molecular weight is 555 g/mol. The SMILES string of the molecule is Cc1ccc(NC(=O)c2cccnc2)cc1-c1ccc(C(=O)Nc2ccc(CN3CCS(=O)(=O)CC3)cc2)cc1. The van der Waals surface area contributed by atoms with Crippen LogP contribution in [0.15, 0.2) is 91.3 Å². The Hall–Kier alpha value is -4.34. The van der Waals surface area contributed by atoms with Gasteiger partial charge in [-0.05, 0) is 77.7 Å². The maximum absolute atomic E-state index is 12.9. The van der Waals surface area contributed by atoms with Gasteiger partial charge in [0.05, 0.1) is 17.1 Å². The summed E-state index contributed by atoms with van der Waals surface area (Å²) in [6.45, 7) is 3.76. The van der Waals surface area contributed by atoms with Crippen LogP contribution in [0.3, 0.4) is 0 Å². The van der Waals surface area contributed by atoms with Crippen molar-refractivity contribution in [2.24, 2.45) is 0 Å². The second-order valence-electron chi connectivity index (χ2n) is 9.88. The van der Waals surface area contributed by atoms with Crippen molar-refractivity contribution >= 4 is 33.0 Å². The molecule has 8 nitrogen and oxygen atoms in total. The van der Waals surface area contributed by atoms with Crippen molar-refractivity contribution in [3.63, 3.8) is 0 Å². The average Bonchev–Trinajstić information content (AvgIpc) is 2.97. The monoisotopic (exact) mass is 554 g/mol. The lowest BCUT2D eigenvalue weighted by molar-refractivity contribution is 0.101. The first-order valence-electron chi connectivity index (χ1n) is 13.0. The number of rotatable bonds is 7. The predicted octanol–water partition coefficient (Wildman–Crippen LogP) is 4.79. The summed E-state index contributed by atoms with van der Waals surface area (Å²) in [4.78, 5) is 31.5. The van der Waals surface area contributed by atoms with Gasteiger partial charge in [-0.3, -0.25) is 19.5 Å². The second kappa shape index (κ2) is 11.8. The molecule has 9 heteroatoms. The van der Waals surface area contributed by atoms with Crippen molar-refractivity contribution in [3.8, 4) is 11.1 Å². The van der Waals surface area contributed by atoms with Gasteiger partial charge in [0.1, 0.15) is 0 Å². The summed E-state index contributed by atoms with van der Waals surface area (Å²) in [5, 5.41) is 5.84. The van der Waals surface area contributed by atoms with Gasteiger partial charge in [0.15, 0.2) is 9.84 Å². The summed E-state index contributed by atoms with van der Waals surface area (Å²) < 4.78 is 23.3. The van der Waals surface area contributed by atoms with Crippen LogP contribution in [0.4, 0.5) is 11.4 Å². The van der Waals surface area contributed by atoms with Gasteiger partial charge in [0.25, 0.3) is 11.8 Å². The Bertz CT molecular complexity index is 1610. The number of hydrogen-bond acceptors (Lipinski definition) is 6. The molecule has 5 rings (SSSR count). The van der Waals surface area contributed by atoms with E-state index in [4.69, 9.17) is 0 Å². The van der Waals surface area contributed by atoms with Gasteiger partial charge in [-0.1, -0.05) is 30.3 Å². The van der Waals surface area contributed by atoms with Gasteiger partial charge < -0.3 is 10.6 Å². The van der Waals surface area contributed by atoms with Crippen molar-refractivity contribution in [2.75, 3.05) is 35.2 Å². The number of benzene rings is 3. The van der Waals surface area contributed by atoms with Gasteiger partial charge in [-0.2, -0.15) is 0 Å². The molecule has 204 valence electrons. The number of aryl methyl sites for hydroxylation is 1. The van der Waals surface area contributed by atoms with Crippen LogP contribution in [0.25, 0.3) is 11.1 Å². The zero-order valence-electron chi connectivity index (χ0n) is 22.1. The van der Waals surface area contributed by atoms with E-state index in [1.807, 2.05) is 61.5 Å². The fourth-order valence-corrected chi connectivity index (χ4v) is 5.85. The van der Waals surface area contributed by atoms with Crippen molar-refractivity contribution in [2.45, 2.75) is 13.5 Å². The Morgan fingerprint density at radius 2 is 1.48 bits per heavy atom. The van der Waals surface area contributed by atoms with E-state index in [0.717, 1.165) is 22.3 Å². The first-order chi connectivity index (χ1) is 19.3. The van der Waals surface area contributed by atoms with E-state index in [1.165, 1.54) is 6.20 Å². The molecule has 2 amide bonds. The summed E-state index contributed by atoms with van der Waals surface area (Å²) in [6.07, 6.45) is 3.14. The highest BCUT2D eigenvalue weighted by Gasteiger charge is 2.21. The number of sulfone groups is 1. The zero-order chi connectivity index (χ0) is 28.1. The number of pyridine rings is 1. The van der Waals surface area contributed by atoms with E-state index >= 15 is 0 Å². The topological polar surface area (TPSA) is 108 Å². The number of nitrogens with zero attached hydrogens (tertiary/aromatic N) is 2. The van der Waals surface area contributed by atoms with E-state index in [-0.39, 0.29) is 23.3 Å². The van der Waals surface area contributed by atoms with Crippen LogP contribution in [0.1, 0.15) is 31.8 Å². The highest BCUT2D eigenvalue weighted by molar-refractivity contribution is 7.91. The minimum Gasteiger partial charge on any atom is -0.322 e. The third-order valence-electron chi connectivity index (χ3n) is 6.93. The lowest BCUT2D eigenvalue weighted by atomic mass is 9.98. The second-order valence-corrected chi connectivity index (χ2v) is 12.2. The summed E-state index contributed by atoms with van der Waals surface area (Å²) in [5.74, 6) is -0.0407. The number of nitrogens with one attached hydrogen (secondary N) is 2. The number of amides is 2. The molecule has 0 aliphatic carbocycles. The quantitative estimate of drug-likeness (QED) is 0.340. The highest BCUT2D eigenvalue weighted by Crippen LogP contribution is 2.27.